The maximum absolute atomic E-state index is 12.4. The minimum absolute atomic E-state index is 0.0489. The van der Waals surface area contributed by atoms with Gasteiger partial charge < -0.3 is 30.2 Å². The molecule has 0 amide bonds. The third-order valence-electron chi connectivity index (χ3n) is 8.64. The van der Waals surface area contributed by atoms with Gasteiger partial charge >= 0.3 is 0 Å². The number of rotatable bonds is 19. The maximum atomic E-state index is 12.4. The van der Waals surface area contributed by atoms with Crippen LogP contribution in [0, 0.1) is 0 Å². The van der Waals surface area contributed by atoms with Crippen LogP contribution >= 0.6 is 0 Å². The molecule has 8 heteroatoms. The third-order valence-corrected chi connectivity index (χ3v) is 8.64. The van der Waals surface area contributed by atoms with E-state index >= 15 is 0 Å². The fraction of sp³-hybridized carbons (Fsp3) is 0.359. The molecule has 0 aliphatic heterocycles. The number of aliphatic hydroxyl groups is 1. The van der Waals surface area contributed by atoms with E-state index in [0.29, 0.717) is 25.0 Å². The normalized spacial score (nSPS) is 12.7. The fourth-order valence-electron chi connectivity index (χ4n) is 5.95. The lowest BCUT2D eigenvalue weighted by molar-refractivity contribution is -0.121. The van der Waals surface area contributed by atoms with Crippen LogP contribution in [0.1, 0.15) is 79.4 Å². The molecule has 2 aromatic heterocycles. The lowest BCUT2D eigenvalue weighted by Gasteiger charge is -2.15. The number of H-pyrrole nitrogens is 1. The molecule has 2 heterocycles. The first kappa shape index (κ1) is 34.0. The van der Waals surface area contributed by atoms with Gasteiger partial charge in [-0.25, -0.2) is 0 Å². The summed E-state index contributed by atoms with van der Waals surface area (Å²) in [5.41, 5.74) is 13.1. The molecule has 47 heavy (non-hydrogen) atoms. The van der Waals surface area contributed by atoms with Crippen molar-refractivity contribution in [2.75, 3.05) is 6.54 Å². The summed E-state index contributed by atoms with van der Waals surface area (Å²) in [6, 6.07) is 24.0. The van der Waals surface area contributed by atoms with Crippen LogP contribution in [0.5, 0.6) is 11.5 Å². The van der Waals surface area contributed by atoms with Crippen molar-refractivity contribution in [3.05, 3.63) is 119 Å². The summed E-state index contributed by atoms with van der Waals surface area (Å²) in [5, 5.41) is 25.1. The van der Waals surface area contributed by atoms with E-state index in [1.54, 1.807) is 18.2 Å². The van der Waals surface area contributed by atoms with Crippen LogP contribution in [0.4, 0.5) is 0 Å². The lowest BCUT2D eigenvalue weighted by atomic mass is 10.0. The van der Waals surface area contributed by atoms with Crippen LogP contribution in [-0.4, -0.2) is 38.2 Å². The molecular formula is C39H48N4O4. The smallest absolute Gasteiger partial charge is 0.165 e. The van der Waals surface area contributed by atoms with E-state index in [1.807, 2.05) is 29.2 Å². The van der Waals surface area contributed by atoms with E-state index < -0.39 is 6.10 Å². The number of phenols is 1. The first-order valence-electron chi connectivity index (χ1n) is 16.8. The Labute approximate surface area is 277 Å². The number of ether oxygens (including phenoxy) is 1. The first-order chi connectivity index (χ1) is 22.9. The van der Waals surface area contributed by atoms with Crippen molar-refractivity contribution in [2.45, 2.75) is 83.7 Å². The average Bonchev–Trinajstić information content (AvgIpc) is 3.65. The first-order valence-corrected chi connectivity index (χ1v) is 16.8. The number of aliphatic hydroxyl groups excluding tert-OH is 1. The van der Waals surface area contributed by atoms with Crippen LogP contribution in [0.15, 0.2) is 91.4 Å². The molecule has 0 fully saturated rings. The van der Waals surface area contributed by atoms with Gasteiger partial charge in [0.05, 0.1) is 17.8 Å². The van der Waals surface area contributed by atoms with Gasteiger partial charge in [-0.05, 0) is 65.6 Å². The highest BCUT2D eigenvalue weighted by molar-refractivity contribution is 5.83. The zero-order valence-corrected chi connectivity index (χ0v) is 27.3. The molecule has 3 aromatic carbocycles. The molecule has 0 aliphatic carbocycles. The Hall–Kier alpha value is -4.37. The summed E-state index contributed by atoms with van der Waals surface area (Å²) in [6.45, 7) is 3.14. The summed E-state index contributed by atoms with van der Waals surface area (Å²) >= 11 is 0. The van der Waals surface area contributed by atoms with Crippen LogP contribution in [-0.2, 0) is 30.8 Å². The number of hydrogen-bond donors (Lipinski definition) is 5. The van der Waals surface area contributed by atoms with Crippen LogP contribution in [0.3, 0.4) is 0 Å². The van der Waals surface area contributed by atoms with Crippen molar-refractivity contribution in [2.24, 2.45) is 5.73 Å². The second kappa shape index (κ2) is 17.0. The van der Waals surface area contributed by atoms with Crippen LogP contribution in [0.25, 0.3) is 10.9 Å². The Morgan fingerprint density at radius 3 is 2.64 bits per heavy atom. The number of aromatic nitrogens is 2. The second-order valence-corrected chi connectivity index (χ2v) is 12.5. The molecule has 0 bridgehead atoms. The summed E-state index contributed by atoms with van der Waals surface area (Å²) in [5.74, 6) is 0.475. The van der Waals surface area contributed by atoms with Gasteiger partial charge in [-0.15, -0.1) is 0 Å². The van der Waals surface area contributed by atoms with Gasteiger partial charge in [0.1, 0.15) is 5.78 Å². The maximum Gasteiger partial charge on any atom is 0.165 e. The Bertz CT molecular complexity index is 1710. The number of aromatic hydroxyl groups is 1. The molecule has 0 saturated heterocycles. The van der Waals surface area contributed by atoms with Gasteiger partial charge in [0.15, 0.2) is 18.2 Å². The number of hydrogen-bond acceptors (Lipinski definition) is 6. The number of phenolic OH excluding ortho intramolecular Hbond substituents is 1. The molecule has 248 valence electrons. The van der Waals surface area contributed by atoms with Gasteiger partial charge in [-0.2, -0.15) is 0 Å². The number of carbonyl (C=O) groups is 1. The minimum atomic E-state index is -0.568. The zero-order valence-electron chi connectivity index (χ0n) is 27.3. The Kier molecular flexibility index (Phi) is 12.3. The molecule has 0 unspecified atom stereocenters. The van der Waals surface area contributed by atoms with E-state index in [-0.39, 0.29) is 30.9 Å². The summed E-state index contributed by atoms with van der Waals surface area (Å²) < 4.78 is 7.95. The van der Waals surface area contributed by atoms with Crippen LogP contribution in [0.2, 0.25) is 0 Å². The van der Waals surface area contributed by atoms with Crippen molar-refractivity contribution in [1.29, 1.82) is 0 Å². The lowest BCUT2D eigenvalue weighted by Crippen LogP contribution is -2.30. The number of nitrogens with zero attached hydrogens (tertiary/aromatic N) is 1. The van der Waals surface area contributed by atoms with Crippen LogP contribution < -0.4 is 15.8 Å². The Morgan fingerprint density at radius 1 is 0.979 bits per heavy atom. The Morgan fingerprint density at radius 2 is 1.81 bits per heavy atom. The summed E-state index contributed by atoms with van der Waals surface area (Å²) in [4.78, 5) is 15.8. The van der Waals surface area contributed by atoms with Gasteiger partial charge in [-0.3, -0.25) is 10.1 Å². The summed E-state index contributed by atoms with van der Waals surface area (Å²) in [6.07, 6.45) is 11.8. The quantitative estimate of drug-likeness (QED) is 0.0495. The SMILES string of the molecule is CCCCC[C@@H](O)CC(=O)CCc1ccc(O)c(OCn2cc3[nH]cc(Cc4cccc([C@H](N)NCCc5ccccc5)c4)c3c2)c1. The minimum Gasteiger partial charge on any atom is -0.504 e. The number of carbonyl (C=O) groups excluding carboxylic acids is 1. The summed E-state index contributed by atoms with van der Waals surface area (Å²) in [7, 11) is 0. The number of aromatic amines is 1. The number of unbranched alkanes of at least 4 members (excludes halogenated alkanes) is 2. The number of aryl methyl sites for hydroxylation is 1. The molecule has 0 aliphatic rings. The van der Waals surface area contributed by atoms with E-state index in [9.17, 15) is 15.0 Å². The predicted octanol–water partition coefficient (Wildman–Crippen LogP) is 6.92. The van der Waals surface area contributed by atoms with Crippen molar-refractivity contribution in [3.8, 4) is 11.5 Å². The zero-order chi connectivity index (χ0) is 33.0. The molecule has 2 atom stereocenters. The van der Waals surface area contributed by atoms with Crippen molar-refractivity contribution in [3.63, 3.8) is 0 Å². The number of ketones is 1. The molecule has 5 aromatic rings. The number of nitrogens with one attached hydrogen (secondary N) is 2. The third kappa shape index (κ3) is 10.1. The molecular weight excluding hydrogens is 588 g/mol. The van der Waals surface area contributed by atoms with E-state index in [2.05, 4.69) is 65.8 Å². The van der Waals surface area contributed by atoms with E-state index in [1.165, 1.54) is 16.7 Å². The standard InChI is InChI=1S/C39H48N4O4/c1-2-3-5-13-33(44)23-34(45)16-14-29-15-17-37(46)38(22-29)47-27-43-25-35-32(24-42-36(35)26-43)21-30-11-8-12-31(20-30)39(40)41-19-18-28-9-6-4-7-10-28/h4,6-12,15,17,20,22,24-26,33,39,41-42,44,46H,2-3,5,13-14,16,18-19,21,23,27,40H2,1H3/t33-,39-/m1/s1. The average molecular weight is 637 g/mol. The van der Waals surface area contributed by atoms with Crippen molar-refractivity contribution in [1.82, 2.24) is 14.9 Å². The predicted molar refractivity (Wildman–Crippen MR) is 187 cm³/mol. The van der Waals surface area contributed by atoms with Crippen molar-refractivity contribution < 1.29 is 19.7 Å². The van der Waals surface area contributed by atoms with Crippen molar-refractivity contribution >= 4 is 16.7 Å². The molecule has 0 saturated carbocycles. The number of nitrogens with two attached hydrogens (primary N) is 1. The molecule has 0 radical (unpaired) electrons. The van der Waals surface area contributed by atoms with E-state index in [0.717, 1.165) is 60.7 Å². The molecule has 5 rings (SSSR count). The van der Waals surface area contributed by atoms with Gasteiger partial charge in [0.2, 0.25) is 0 Å². The Balaban J connectivity index is 1.13. The number of Topliss-reactive ketones (excluding diaryl/α,β-unsaturated/α-hetero) is 1. The number of fused-ring (bicyclic) bond motifs is 1. The highest BCUT2D eigenvalue weighted by Crippen LogP contribution is 2.29. The van der Waals surface area contributed by atoms with E-state index in [4.69, 9.17) is 10.5 Å². The molecule has 6 N–H and O–H groups in total. The molecule has 0 spiro atoms. The van der Waals surface area contributed by atoms with Gasteiger partial charge in [0, 0.05) is 43.4 Å². The highest BCUT2D eigenvalue weighted by atomic mass is 16.5. The second-order valence-electron chi connectivity index (χ2n) is 12.5. The number of benzene rings is 3. The topological polar surface area (TPSA) is 126 Å². The largest absolute Gasteiger partial charge is 0.504 e. The molecule has 8 nitrogen and oxygen atoms in total. The fourth-order valence-corrected chi connectivity index (χ4v) is 5.95. The van der Waals surface area contributed by atoms with Gasteiger partial charge in [0.25, 0.3) is 0 Å². The van der Waals surface area contributed by atoms with Gasteiger partial charge in [-0.1, -0.05) is 86.8 Å². The highest BCUT2D eigenvalue weighted by Gasteiger charge is 2.13. The monoisotopic (exact) mass is 636 g/mol.